The van der Waals surface area contributed by atoms with E-state index in [-0.39, 0.29) is 17.7 Å². The lowest BCUT2D eigenvalue weighted by molar-refractivity contribution is 0.0531. The summed E-state index contributed by atoms with van der Waals surface area (Å²) in [5.41, 5.74) is 3.83. The van der Waals surface area contributed by atoms with Gasteiger partial charge < -0.3 is 9.47 Å². The number of carbonyl (C=O) groups is 2. The summed E-state index contributed by atoms with van der Waals surface area (Å²) in [4.78, 5) is 26.5. The molecule has 0 fully saturated rings. The molecule has 2 aromatic carbocycles. The van der Waals surface area contributed by atoms with Crippen LogP contribution in [0, 0.1) is 0 Å². The first-order valence-corrected chi connectivity index (χ1v) is 12.1. The molecule has 0 amide bonds. The van der Waals surface area contributed by atoms with Gasteiger partial charge in [0.15, 0.2) is 5.78 Å². The summed E-state index contributed by atoms with van der Waals surface area (Å²) in [5, 5.41) is 0. The highest BCUT2D eigenvalue weighted by atomic mass is 32.2. The third kappa shape index (κ3) is 4.70. The zero-order chi connectivity index (χ0) is 21.8. The van der Waals surface area contributed by atoms with E-state index in [1.807, 2.05) is 42.5 Å². The minimum Gasteiger partial charge on any atom is -0.497 e. The van der Waals surface area contributed by atoms with E-state index in [2.05, 4.69) is 12.1 Å². The molecule has 0 aliphatic heterocycles. The first-order chi connectivity index (χ1) is 15.1. The number of rotatable bonds is 7. The van der Waals surface area contributed by atoms with Crippen molar-refractivity contribution < 1.29 is 19.1 Å². The Morgan fingerprint density at radius 1 is 1.10 bits per heavy atom. The van der Waals surface area contributed by atoms with Gasteiger partial charge in [-0.15, -0.1) is 23.1 Å². The summed E-state index contributed by atoms with van der Waals surface area (Å²) in [6, 6.07) is 18.0. The number of esters is 1. The first kappa shape index (κ1) is 21.7. The third-order valence-electron chi connectivity index (χ3n) is 5.40. The normalized spacial score (nSPS) is 15.4. The molecule has 4 nitrogen and oxygen atoms in total. The van der Waals surface area contributed by atoms with Crippen LogP contribution in [0.25, 0.3) is 0 Å². The van der Waals surface area contributed by atoms with Crippen LogP contribution in [0.3, 0.4) is 0 Å². The van der Waals surface area contributed by atoms with E-state index >= 15 is 0 Å². The van der Waals surface area contributed by atoms with Gasteiger partial charge in [-0.05, 0) is 48.1 Å². The molecular formula is C25H24O4S2. The van der Waals surface area contributed by atoms with Crippen molar-refractivity contribution in [3.63, 3.8) is 0 Å². The van der Waals surface area contributed by atoms with Crippen LogP contribution < -0.4 is 4.74 Å². The van der Waals surface area contributed by atoms with Crippen molar-refractivity contribution in [3.8, 4) is 5.75 Å². The maximum atomic E-state index is 13.2. The van der Waals surface area contributed by atoms with E-state index in [0.29, 0.717) is 24.3 Å². The maximum Gasteiger partial charge on any atom is 0.348 e. The van der Waals surface area contributed by atoms with Crippen LogP contribution in [-0.2, 0) is 16.9 Å². The Bertz CT molecular complexity index is 1070. The molecule has 1 aromatic heterocycles. The summed E-state index contributed by atoms with van der Waals surface area (Å²) in [5.74, 6) is 1.35. The average Bonchev–Trinajstić information content (AvgIpc) is 3.18. The van der Waals surface area contributed by atoms with E-state index in [1.165, 1.54) is 16.9 Å². The second-order valence-corrected chi connectivity index (χ2v) is 9.63. The zero-order valence-electron chi connectivity index (χ0n) is 17.6. The molecule has 0 saturated carbocycles. The number of ether oxygens (including phenoxy) is 2. The molecule has 0 N–H and O–H groups in total. The molecule has 4 rings (SSSR count). The third-order valence-corrected chi connectivity index (χ3v) is 7.95. The number of thiophene rings is 1. The molecule has 0 unspecified atom stereocenters. The topological polar surface area (TPSA) is 52.6 Å². The molecule has 0 bridgehead atoms. The van der Waals surface area contributed by atoms with Gasteiger partial charge in [-0.1, -0.05) is 42.5 Å². The zero-order valence-corrected chi connectivity index (χ0v) is 19.2. The SMILES string of the molecule is CCOC(=O)c1sc(SCc2ccccc2)c2c1C[C@H](c1ccc(OC)cc1)CC2=O. The van der Waals surface area contributed by atoms with Crippen molar-refractivity contribution in [1.82, 2.24) is 0 Å². The van der Waals surface area contributed by atoms with Crippen LogP contribution in [0.5, 0.6) is 5.75 Å². The Labute approximate surface area is 190 Å². The van der Waals surface area contributed by atoms with Gasteiger partial charge in [0.05, 0.1) is 17.9 Å². The van der Waals surface area contributed by atoms with Crippen molar-refractivity contribution in [2.45, 2.75) is 35.6 Å². The number of Topliss-reactive ketones (excluding diaryl/α,β-unsaturated/α-hetero) is 1. The number of thioether (sulfide) groups is 1. The predicted molar refractivity (Wildman–Crippen MR) is 125 cm³/mol. The molecule has 0 saturated heterocycles. The fourth-order valence-electron chi connectivity index (χ4n) is 3.86. The molecule has 3 aromatic rings. The standard InChI is InChI=1S/C25H24O4S2/c1-3-29-24(27)23-20-13-18(17-9-11-19(28-2)12-10-17)14-21(26)22(20)25(31-23)30-15-16-7-5-4-6-8-16/h4-12,18H,3,13-15H2,1-2H3/t18-/m0/s1. The van der Waals surface area contributed by atoms with Crippen molar-refractivity contribution in [2.75, 3.05) is 13.7 Å². The number of fused-ring (bicyclic) bond motifs is 1. The van der Waals surface area contributed by atoms with E-state index in [9.17, 15) is 9.59 Å². The highest BCUT2D eigenvalue weighted by molar-refractivity contribution is 8.00. The summed E-state index contributed by atoms with van der Waals surface area (Å²) >= 11 is 3.02. The maximum absolute atomic E-state index is 13.2. The molecule has 31 heavy (non-hydrogen) atoms. The Morgan fingerprint density at radius 2 is 1.84 bits per heavy atom. The van der Waals surface area contributed by atoms with E-state index in [1.54, 1.807) is 25.8 Å². The Morgan fingerprint density at radius 3 is 2.52 bits per heavy atom. The molecule has 1 heterocycles. The van der Waals surface area contributed by atoms with E-state index in [4.69, 9.17) is 9.47 Å². The van der Waals surface area contributed by atoms with Gasteiger partial charge in [-0.25, -0.2) is 4.79 Å². The predicted octanol–water partition coefficient (Wildman–Crippen LogP) is 6.14. The Hall–Kier alpha value is -2.57. The summed E-state index contributed by atoms with van der Waals surface area (Å²) in [6.45, 7) is 2.11. The van der Waals surface area contributed by atoms with E-state index in [0.717, 1.165) is 32.4 Å². The molecule has 0 radical (unpaired) electrons. The van der Waals surface area contributed by atoms with Gasteiger partial charge in [0.1, 0.15) is 10.6 Å². The minimum absolute atomic E-state index is 0.0423. The van der Waals surface area contributed by atoms with Gasteiger partial charge in [-0.3, -0.25) is 4.79 Å². The number of hydrogen-bond acceptors (Lipinski definition) is 6. The molecular weight excluding hydrogens is 428 g/mol. The fraction of sp³-hybridized carbons (Fsp3) is 0.280. The van der Waals surface area contributed by atoms with E-state index < -0.39 is 0 Å². The quantitative estimate of drug-likeness (QED) is 0.318. The second kappa shape index (κ2) is 9.71. The van der Waals surface area contributed by atoms with Crippen LogP contribution >= 0.6 is 23.1 Å². The van der Waals surface area contributed by atoms with Crippen LogP contribution in [0.15, 0.2) is 58.8 Å². The molecule has 1 atom stereocenters. The Balaban J connectivity index is 1.66. The monoisotopic (exact) mass is 452 g/mol. The summed E-state index contributed by atoms with van der Waals surface area (Å²) in [6.07, 6.45) is 1.10. The fourth-order valence-corrected chi connectivity index (χ4v) is 6.37. The number of hydrogen-bond donors (Lipinski definition) is 0. The van der Waals surface area contributed by atoms with Crippen molar-refractivity contribution >= 4 is 34.9 Å². The first-order valence-electron chi connectivity index (χ1n) is 10.3. The van der Waals surface area contributed by atoms with Gasteiger partial charge in [-0.2, -0.15) is 0 Å². The van der Waals surface area contributed by atoms with Gasteiger partial charge in [0, 0.05) is 17.7 Å². The van der Waals surface area contributed by atoms with Crippen molar-refractivity contribution in [3.05, 3.63) is 81.7 Å². The van der Waals surface area contributed by atoms with Crippen molar-refractivity contribution in [1.29, 1.82) is 0 Å². The summed E-state index contributed by atoms with van der Waals surface area (Å²) in [7, 11) is 1.64. The number of methoxy groups -OCH3 is 1. The smallest absolute Gasteiger partial charge is 0.348 e. The lowest BCUT2D eigenvalue weighted by Crippen LogP contribution is -2.20. The minimum atomic E-state index is -0.335. The van der Waals surface area contributed by atoms with Gasteiger partial charge in [0.25, 0.3) is 0 Å². The molecule has 1 aliphatic carbocycles. The largest absolute Gasteiger partial charge is 0.497 e. The van der Waals surface area contributed by atoms with Gasteiger partial charge >= 0.3 is 5.97 Å². The summed E-state index contributed by atoms with van der Waals surface area (Å²) < 4.78 is 11.5. The lowest BCUT2D eigenvalue weighted by Gasteiger charge is -2.23. The highest BCUT2D eigenvalue weighted by Gasteiger charge is 2.35. The lowest BCUT2D eigenvalue weighted by atomic mass is 9.80. The van der Waals surface area contributed by atoms with Crippen LogP contribution in [0.4, 0.5) is 0 Å². The molecule has 6 heteroatoms. The Kier molecular flexibility index (Phi) is 6.78. The van der Waals surface area contributed by atoms with Crippen LogP contribution in [-0.4, -0.2) is 25.5 Å². The molecule has 0 spiro atoms. The molecule has 160 valence electrons. The van der Waals surface area contributed by atoms with Crippen LogP contribution in [0.1, 0.15) is 56.0 Å². The second-order valence-electron chi connectivity index (χ2n) is 7.37. The average molecular weight is 453 g/mol. The number of ketones is 1. The van der Waals surface area contributed by atoms with Crippen LogP contribution in [0.2, 0.25) is 0 Å². The number of carbonyl (C=O) groups excluding carboxylic acids is 2. The van der Waals surface area contributed by atoms with Gasteiger partial charge in [0.2, 0.25) is 0 Å². The van der Waals surface area contributed by atoms with Crippen molar-refractivity contribution in [2.24, 2.45) is 0 Å². The highest BCUT2D eigenvalue weighted by Crippen LogP contribution is 2.45. The molecule has 1 aliphatic rings. The number of benzene rings is 2.